The Morgan fingerprint density at radius 1 is 0.962 bits per heavy atom. The second-order valence-corrected chi connectivity index (χ2v) is 9.09. The first kappa shape index (κ1) is 19.3. The molecular formula is C18H19BrF2N2O2S. The van der Waals surface area contributed by atoms with Crippen LogP contribution in [0.5, 0.6) is 0 Å². The van der Waals surface area contributed by atoms with Crippen LogP contribution in [-0.4, -0.2) is 38.9 Å². The zero-order valence-corrected chi connectivity index (χ0v) is 16.9. The molecule has 1 saturated heterocycles. The summed E-state index contributed by atoms with van der Waals surface area (Å²) < 4.78 is 54.4. The zero-order valence-electron chi connectivity index (χ0n) is 14.5. The minimum atomic E-state index is -4.09. The van der Waals surface area contributed by atoms with Gasteiger partial charge in [-0.1, -0.05) is 18.2 Å². The number of halogens is 3. The molecule has 2 aromatic rings. The summed E-state index contributed by atoms with van der Waals surface area (Å²) in [5.74, 6) is -1.77. The molecule has 0 amide bonds. The van der Waals surface area contributed by atoms with Crippen molar-refractivity contribution in [1.29, 1.82) is 0 Å². The molecule has 0 atom stereocenters. The molecule has 3 rings (SSSR count). The number of nitrogens with zero attached hydrogens (tertiary/aromatic N) is 2. The van der Waals surface area contributed by atoms with Crippen LogP contribution in [0.15, 0.2) is 39.7 Å². The first-order chi connectivity index (χ1) is 12.2. The van der Waals surface area contributed by atoms with Gasteiger partial charge in [0.2, 0.25) is 10.0 Å². The molecule has 0 bridgehead atoms. The van der Waals surface area contributed by atoms with E-state index < -0.39 is 26.6 Å². The van der Waals surface area contributed by atoms with Crippen LogP contribution in [0.3, 0.4) is 0 Å². The molecule has 1 heterocycles. The molecule has 0 aromatic heterocycles. The maximum absolute atomic E-state index is 14.1. The van der Waals surface area contributed by atoms with Crippen molar-refractivity contribution in [1.82, 2.24) is 4.31 Å². The minimum Gasteiger partial charge on any atom is -0.368 e. The van der Waals surface area contributed by atoms with Crippen LogP contribution in [0.2, 0.25) is 0 Å². The molecule has 0 saturated carbocycles. The Hall–Kier alpha value is -1.51. The van der Waals surface area contributed by atoms with Gasteiger partial charge in [0, 0.05) is 31.9 Å². The van der Waals surface area contributed by atoms with E-state index in [9.17, 15) is 17.2 Å². The van der Waals surface area contributed by atoms with Crippen LogP contribution in [0, 0.1) is 25.5 Å². The minimum absolute atomic E-state index is 0.103. The van der Waals surface area contributed by atoms with Crippen molar-refractivity contribution in [3.63, 3.8) is 0 Å². The molecule has 8 heteroatoms. The summed E-state index contributed by atoms with van der Waals surface area (Å²) in [4.78, 5) is 1.51. The van der Waals surface area contributed by atoms with Gasteiger partial charge < -0.3 is 4.90 Å². The highest BCUT2D eigenvalue weighted by atomic mass is 79.9. The van der Waals surface area contributed by atoms with Crippen molar-refractivity contribution in [2.24, 2.45) is 0 Å². The summed E-state index contributed by atoms with van der Waals surface area (Å²) in [5.41, 5.74) is 3.36. The van der Waals surface area contributed by atoms with Crippen LogP contribution < -0.4 is 4.90 Å². The topological polar surface area (TPSA) is 40.6 Å². The number of hydrogen-bond donors (Lipinski definition) is 0. The molecule has 0 unspecified atom stereocenters. The van der Waals surface area contributed by atoms with Crippen molar-refractivity contribution in [2.45, 2.75) is 18.7 Å². The van der Waals surface area contributed by atoms with Gasteiger partial charge >= 0.3 is 0 Å². The van der Waals surface area contributed by atoms with Gasteiger partial charge in [-0.2, -0.15) is 4.31 Å². The third kappa shape index (κ3) is 3.50. The van der Waals surface area contributed by atoms with Crippen molar-refractivity contribution in [3.05, 3.63) is 57.6 Å². The van der Waals surface area contributed by atoms with Crippen LogP contribution >= 0.6 is 15.9 Å². The number of rotatable bonds is 3. The fraction of sp³-hybridized carbons (Fsp3) is 0.333. The Kier molecular flexibility index (Phi) is 5.37. The van der Waals surface area contributed by atoms with Crippen molar-refractivity contribution >= 4 is 31.6 Å². The van der Waals surface area contributed by atoms with E-state index >= 15 is 0 Å². The predicted molar refractivity (Wildman–Crippen MR) is 101 cm³/mol. The molecule has 4 nitrogen and oxygen atoms in total. The summed E-state index contributed by atoms with van der Waals surface area (Å²) in [5, 5.41) is 0. The number of sulfonamides is 1. The molecule has 0 radical (unpaired) electrons. The summed E-state index contributed by atoms with van der Waals surface area (Å²) in [6.45, 7) is 5.45. The average Bonchev–Trinajstić information content (AvgIpc) is 2.58. The zero-order chi connectivity index (χ0) is 19.1. The molecule has 1 aliphatic heterocycles. The van der Waals surface area contributed by atoms with Gasteiger partial charge in [-0.25, -0.2) is 17.2 Å². The van der Waals surface area contributed by atoms with E-state index in [2.05, 4.69) is 20.8 Å². The molecule has 1 aliphatic rings. The highest BCUT2D eigenvalue weighted by Gasteiger charge is 2.32. The molecule has 0 N–H and O–H groups in total. The normalized spacial score (nSPS) is 16.1. The van der Waals surface area contributed by atoms with Gasteiger partial charge in [0.25, 0.3) is 0 Å². The van der Waals surface area contributed by atoms with E-state index in [0.717, 1.165) is 28.9 Å². The van der Waals surface area contributed by atoms with Gasteiger partial charge in [0.1, 0.15) is 16.5 Å². The lowest BCUT2D eigenvalue weighted by Crippen LogP contribution is -2.49. The molecule has 26 heavy (non-hydrogen) atoms. The first-order valence-corrected chi connectivity index (χ1v) is 10.4. The van der Waals surface area contributed by atoms with E-state index in [1.165, 1.54) is 4.31 Å². The molecule has 2 aromatic carbocycles. The molecule has 0 spiro atoms. The monoisotopic (exact) mass is 444 g/mol. The number of para-hydroxylation sites is 1. The van der Waals surface area contributed by atoms with Gasteiger partial charge in [-0.05, 0) is 53.0 Å². The second kappa shape index (κ2) is 7.25. The Labute approximate surface area is 160 Å². The van der Waals surface area contributed by atoms with E-state index in [0.29, 0.717) is 13.1 Å². The van der Waals surface area contributed by atoms with Crippen LogP contribution in [0.25, 0.3) is 0 Å². The fourth-order valence-electron chi connectivity index (χ4n) is 3.30. The molecular weight excluding hydrogens is 426 g/mol. The maximum atomic E-state index is 14.1. The van der Waals surface area contributed by atoms with Gasteiger partial charge in [-0.15, -0.1) is 0 Å². The maximum Gasteiger partial charge on any atom is 0.246 e. The standard InChI is InChI=1S/C18H19BrF2N2O2S/c1-12-4-3-5-13(2)18(12)22-6-8-23(9-7-22)26(24,25)17-11-15(20)14(19)10-16(17)21/h3-5,10-11H,6-9H2,1-2H3. The van der Waals surface area contributed by atoms with E-state index in [-0.39, 0.29) is 17.6 Å². The van der Waals surface area contributed by atoms with Gasteiger partial charge in [-0.3, -0.25) is 0 Å². The summed E-state index contributed by atoms with van der Waals surface area (Å²) in [6.07, 6.45) is 0. The smallest absolute Gasteiger partial charge is 0.246 e. The number of benzene rings is 2. The van der Waals surface area contributed by atoms with Crippen LogP contribution in [-0.2, 0) is 10.0 Å². The largest absolute Gasteiger partial charge is 0.368 e. The van der Waals surface area contributed by atoms with E-state index in [1.54, 1.807) is 0 Å². The molecule has 1 fully saturated rings. The first-order valence-electron chi connectivity index (χ1n) is 8.17. The lowest BCUT2D eigenvalue weighted by atomic mass is 10.1. The third-order valence-electron chi connectivity index (χ3n) is 4.59. The van der Waals surface area contributed by atoms with Crippen LogP contribution in [0.1, 0.15) is 11.1 Å². The Morgan fingerprint density at radius 3 is 2.12 bits per heavy atom. The third-order valence-corrected chi connectivity index (χ3v) is 7.11. The second-order valence-electron chi connectivity index (χ2n) is 6.33. The molecule has 0 aliphatic carbocycles. The van der Waals surface area contributed by atoms with Crippen molar-refractivity contribution in [3.8, 4) is 0 Å². The highest BCUT2D eigenvalue weighted by molar-refractivity contribution is 9.10. The quantitative estimate of drug-likeness (QED) is 0.674. The Morgan fingerprint density at radius 2 is 1.54 bits per heavy atom. The Bertz CT molecular complexity index is 922. The summed E-state index contributed by atoms with van der Waals surface area (Å²) in [6, 6.07) is 7.60. The lowest BCUT2D eigenvalue weighted by molar-refractivity contribution is 0.381. The number of piperazine rings is 1. The summed E-state index contributed by atoms with van der Waals surface area (Å²) >= 11 is 2.86. The van der Waals surface area contributed by atoms with E-state index in [4.69, 9.17) is 0 Å². The van der Waals surface area contributed by atoms with Gasteiger partial charge in [0.15, 0.2) is 0 Å². The van der Waals surface area contributed by atoms with Crippen LogP contribution in [0.4, 0.5) is 14.5 Å². The number of anilines is 1. The Balaban J connectivity index is 1.82. The van der Waals surface area contributed by atoms with Crippen molar-refractivity contribution < 1.29 is 17.2 Å². The number of aryl methyl sites for hydroxylation is 2. The fourth-order valence-corrected chi connectivity index (χ4v) is 5.09. The van der Waals surface area contributed by atoms with E-state index in [1.807, 2.05) is 32.0 Å². The van der Waals surface area contributed by atoms with Gasteiger partial charge in [0.05, 0.1) is 4.47 Å². The predicted octanol–water partition coefficient (Wildman–Crippen LogP) is 3.86. The lowest BCUT2D eigenvalue weighted by Gasteiger charge is -2.37. The highest BCUT2D eigenvalue weighted by Crippen LogP contribution is 2.29. The number of hydrogen-bond acceptors (Lipinski definition) is 3. The SMILES string of the molecule is Cc1cccc(C)c1N1CCN(S(=O)(=O)c2cc(F)c(Br)cc2F)CC1. The summed E-state index contributed by atoms with van der Waals surface area (Å²) in [7, 11) is -4.09. The average molecular weight is 445 g/mol. The van der Waals surface area contributed by atoms with Crippen molar-refractivity contribution in [2.75, 3.05) is 31.1 Å². The molecule has 140 valence electrons.